The molecule has 2 N–H and O–H groups in total. The van der Waals surface area contributed by atoms with Gasteiger partial charge in [0, 0.05) is 6.54 Å². The van der Waals surface area contributed by atoms with Crippen molar-refractivity contribution in [2.75, 3.05) is 13.2 Å². The lowest BCUT2D eigenvalue weighted by Gasteiger charge is -2.40. The molecule has 6 atom stereocenters. The van der Waals surface area contributed by atoms with E-state index >= 15 is 0 Å². The van der Waals surface area contributed by atoms with Crippen LogP contribution in [0.4, 0.5) is 0 Å². The maximum absolute atomic E-state index is 12.7. The topological polar surface area (TPSA) is 128 Å². The minimum Gasteiger partial charge on any atom is -0.502 e. The van der Waals surface area contributed by atoms with E-state index in [4.69, 9.17) is 9.47 Å². The van der Waals surface area contributed by atoms with Crippen LogP contribution in [-0.4, -0.2) is 54.3 Å². The van der Waals surface area contributed by atoms with E-state index in [1.54, 1.807) is 13.8 Å². The molecule has 0 aliphatic carbocycles. The molecule has 0 aromatic carbocycles. The summed E-state index contributed by atoms with van der Waals surface area (Å²) >= 11 is 0. The molecule has 9 heteroatoms. The fourth-order valence-corrected chi connectivity index (χ4v) is 3.87. The van der Waals surface area contributed by atoms with Crippen molar-refractivity contribution in [1.82, 2.24) is 5.32 Å². The molecule has 9 nitrogen and oxygen atoms in total. The van der Waals surface area contributed by atoms with Gasteiger partial charge in [0.1, 0.15) is 0 Å². The third-order valence-electron chi connectivity index (χ3n) is 5.33. The number of amides is 1. The quantitative estimate of drug-likeness (QED) is 0.254. The molecule has 0 radical (unpaired) electrons. The van der Waals surface area contributed by atoms with Gasteiger partial charge < -0.3 is 24.6 Å². The smallest absolute Gasteiger partial charge is 0.320 e. The van der Waals surface area contributed by atoms with E-state index < -0.39 is 59.7 Å². The number of aliphatic carboxylic acids is 1. The van der Waals surface area contributed by atoms with Gasteiger partial charge in [-0.05, 0) is 19.3 Å². The van der Waals surface area contributed by atoms with Crippen molar-refractivity contribution in [3.8, 4) is 0 Å². The van der Waals surface area contributed by atoms with E-state index in [0.29, 0.717) is 26.0 Å². The molecule has 28 heavy (non-hydrogen) atoms. The van der Waals surface area contributed by atoms with Gasteiger partial charge in [-0.25, -0.2) is 0 Å². The molecule has 156 valence electrons. The lowest BCUT2D eigenvalue weighted by atomic mass is 9.75. The number of rotatable bonds is 9. The van der Waals surface area contributed by atoms with Crippen molar-refractivity contribution in [2.45, 2.75) is 45.3 Å². The summed E-state index contributed by atoms with van der Waals surface area (Å²) in [6, 6.07) is 0. The number of carboxylic acid groups (broad SMARTS) is 1. The SMILES string of the molecule is C=COCCCNC(=O)C1CC(C2C(=O)OC(=O)C2C)OC(CC)C1C(=O)O. The summed E-state index contributed by atoms with van der Waals surface area (Å²) in [5.74, 6) is -6.31. The zero-order valence-electron chi connectivity index (χ0n) is 16.1. The number of nitrogens with one attached hydrogen (secondary N) is 1. The van der Waals surface area contributed by atoms with Gasteiger partial charge in [0.25, 0.3) is 0 Å². The zero-order chi connectivity index (χ0) is 20.8. The second-order valence-electron chi connectivity index (χ2n) is 7.06. The number of hydrogen-bond donors (Lipinski definition) is 2. The Bertz CT molecular complexity index is 633. The van der Waals surface area contributed by atoms with Crippen LogP contribution in [0.2, 0.25) is 0 Å². The lowest BCUT2D eigenvalue weighted by molar-refractivity contribution is -0.179. The van der Waals surface area contributed by atoms with Gasteiger partial charge in [0.15, 0.2) is 0 Å². The maximum Gasteiger partial charge on any atom is 0.320 e. The van der Waals surface area contributed by atoms with E-state index in [1.165, 1.54) is 6.26 Å². The predicted molar refractivity (Wildman–Crippen MR) is 95.7 cm³/mol. The van der Waals surface area contributed by atoms with E-state index in [1.807, 2.05) is 0 Å². The molecule has 2 rings (SSSR count). The van der Waals surface area contributed by atoms with Crippen LogP contribution in [0.15, 0.2) is 12.8 Å². The van der Waals surface area contributed by atoms with Crippen LogP contribution in [0.25, 0.3) is 0 Å². The lowest BCUT2D eigenvalue weighted by Crippen LogP contribution is -2.53. The molecular formula is C19H27NO8. The fraction of sp³-hybridized carbons (Fsp3) is 0.684. The Morgan fingerprint density at radius 2 is 2.07 bits per heavy atom. The van der Waals surface area contributed by atoms with Gasteiger partial charge in [-0.1, -0.05) is 20.4 Å². The van der Waals surface area contributed by atoms with Crippen LogP contribution in [0.3, 0.4) is 0 Å². The molecule has 1 amide bonds. The minimum absolute atomic E-state index is 0.0276. The fourth-order valence-electron chi connectivity index (χ4n) is 3.87. The normalized spacial score (nSPS) is 32.5. The highest BCUT2D eigenvalue weighted by molar-refractivity contribution is 5.96. The average molecular weight is 397 g/mol. The number of cyclic esters (lactones) is 2. The van der Waals surface area contributed by atoms with Crippen molar-refractivity contribution in [3.05, 3.63) is 12.8 Å². The molecule has 0 spiro atoms. The Kier molecular flexibility index (Phi) is 7.56. The first-order valence-corrected chi connectivity index (χ1v) is 9.45. The summed E-state index contributed by atoms with van der Waals surface area (Å²) in [6.45, 7) is 7.45. The Balaban J connectivity index is 2.15. The number of ether oxygens (including phenoxy) is 3. The molecule has 2 fully saturated rings. The van der Waals surface area contributed by atoms with Crippen molar-refractivity contribution in [2.24, 2.45) is 23.7 Å². The van der Waals surface area contributed by atoms with E-state index in [0.717, 1.165) is 0 Å². The predicted octanol–water partition coefficient (Wildman–Crippen LogP) is 0.873. The van der Waals surface area contributed by atoms with Crippen molar-refractivity contribution in [1.29, 1.82) is 0 Å². The maximum atomic E-state index is 12.7. The molecule has 0 aromatic heterocycles. The molecule has 2 aliphatic rings. The first-order chi connectivity index (χ1) is 13.3. The third kappa shape index (κ3) is 4.70. The van der Waals surface area contributed by atoms with E-state index in [9.17, 15) is 24.3 Å². The van der Waals surface area contributed by atoms with Gasteiger partial charge in [-0.15, -0.1) is 0 Å². The summed E-state index contributed by atoms with van der Waals surface area (Å²) < 4.78 is 15.5. The summed E-state index contributed by atoms with van der Waals surface area (Å²) in [6.07, 6.45) is 0.732. The first kappa shape index (κ1) is 21.9. The van der Waals surface area contributed by atoms with Crippen molar-refractivity contribution < 1.29 is 38.5 Å². The number of hydrogen-bond acceptors (Lipinski definition) is 7. The van der Waals surface area contributed by atoms with Gasteiger partial charge in [0.05, 0.1) is 48.7 Å². The molecule has 2 aliphatic heterocycles. The van der Waals surface area contributed by atoms with Crippen LogP contribution in [0.1, 0.15) is 33.1 Å². The van der Waals surface area contributed by atoms with Gasteiger partial charge in [0.2, 0.25) is 5.91 Å². The molecule has 0 aromatic rings. The monoisotopic (exact) mass is 397 g/mol. The highest BCUT2D eigenvalue weighted by Crippen LogP contribution is 2.40. The summed E-state index contributed by atoms with van der Waals surface area (Å²) in [4.78, 5) is 48.4. The first-order valence-electron chi connectivity index (χ1n) is 9.45. The summed E-state index contributed by atoms with van der Waals surface area (Å²) in [5, 5.41) is 12.4. The number of carbonyl (C=O) groups excluding carboxylic acids is 3. The van der Waals surface area contributed by atoms with Crippen molar-refractivity contribution in [3.63, 3.8) is 0 Å². The summed E-state index contributed by atoms with van der Waals surface area (Å²) in [7, 11) is 0. The van der Waals surface area contributed by atoms with Crippen LogP contribution in [-0.2, 0) is 33.4 Å². The van der Waals surface area contributed by atoms with Gasteiger partial charge in [-0.2, -0.15) is 0 Å². The van der Waals surface area contributed by atoms with Crippen LogP contribution < -0.4 is 5.32 Å². The van der Waals surface area contributed by atoms with Crippen molar-refractivity contribution >= 4 is 23.8 Å². The number of carbonyl (C=O) groups is 4. The Labute approximate surface area is 163 Å². The third-order valence-corrected chi connectivity index (χ3v) is 5.33. The number of esters is 2. The largest absolute Gasteiger partial charge is 0.502 e. The van der Waals surface area contributed by atoms with Gasteiger partial charge in [-0.3, -0.25) is 19.2 Å². The second-order valence-corrected chi connectivity index (χ2v) is 7.06. The Morgan fingerprint density at radius 1 is 1.36 bits per heavy atom. The summed E-state index contributed by atoms with van der Waals surface area (Å²) in [5.41, 5.74) is 0. The highest BCUT2D eigenvalue weighted by atomic mass is 16.6. The number of carboxylic acids is 1. The average Bonchev–Trinajstić information content (AvgIpc) is 2.91. The Hall–Kier alpha value is -2.42. The van der Waals surface area contributed by atoms with E-state index in [2.05, 4.69) is 16.6 Å². The minimum atomic E-state index is -1.13. The zero-order valence-corrected chi connectivity index (χ0v) is 16.1. The molecule has 6 unspecified atom stereocenters. The molecular weight excluding hydrogens is 370 g/mol. The van der Waals surface area contributed by atoms with Crippen LogP contribution in [0, 0.1) is 23.7 Å². The van der Waals surface area contributed by atoms with Crippen LogP contribution >= 0.6 is 0 Å². The molecule has 0 saturated carbocycles. The Morgan fingerprint density at radius 3 is 2.61 bits per heavy atom. The molecule has 0 bridgehead atoms. The molecule has 2 saturated heterocycles. The highest BCUT2D eigenvalue weighted by Gasteiger charge is 2.53. The van der Waals surface area contributed by atoms with E-state index in [-0.39, 0.29) is 6.42 Å². The van der Waals surface area contributed by atoms with Crippen LogP contribution in [0.5, 0.6) is 0 Å². The van der Waals surface area contributed by atoms with Gasteiger partial charge >= 0.3 is 17.9 Å². The molecule has 2 heterocycles. The standard InChI is InChI=1S/C19H27NO8/c1-4-12-15(17(22)23)11(16(21)20-7-6-8-26-5-2)9-13(27-12)14-10(3)18(24)28-19(14)25/h5,10-15H,2,4,6-9H2,1,3H3,(H,20,21)(H,22,23). The second kappa shape index (κ2) is 9.68.